The van der Waals surface area contributed by atoms with E-state index in [1.54, 1.807) is 6.07 Å². The molecule has 35 heavy (non-hydrogen) atoms. The number of rotatable bonds is 6. The molecule has 1 aliphatic carbocycles. The Balaban J connectivity index is 1.50. The fourth-order valence-electron chi connectivity index (χ4n) is 4.49. The Kier molecular flexibility index (Phi) is 5.49. The fraction of sp³-hybridized carbons (Fsp3) is 0.524. The maximum atomic E-state index is 13.3. The molecule has 2 aromatic heterocycles. The second-order valence-corrected chi connectivity index (χ2v) is 12.1. The predicted octanol–water partition coefficient (Wildman–Crippen LogP) is 2.09. The van der Waals surface area contributed by atoms with Crippen molar-refractivity contribution in [3.8, 4) is 10.7 Å². The number of benzene rings is 1. The lowest BCUT2D eigenvalue weighted by Gasteiger charge is -2.46. The van der Waals surface area contributed by atoms with Gasteiger partial charge in [0.1, 0.15) is 5.69 Å². The van der Waals surface area contributed by atoms with Crippen molar-refractivity contribution in [3.05, 3.63) is 23.2 Å². The van der Waals surface area contributed by atoms with Crippen molar-refractivity contribution in [2.75, 3.05) is 31.2 Å². The Morgan fingerprint density at radius 3 is 2.60 bits per heavy atom. The number of ether oxygens (including phenoxy) is 1. The number of aromatic nitrogens is 4. The number of fused-ring (bicyclic) bond motifs is 3. The van der Waals surface area contributed by atoms with Crippen LogP contribution in [0.15, 0.2) is 23.1 Å². The minimum absolute atomic E-state index is 0.0157. The lowest BCUT2D eigenvalue weighted by molar-refractivity contribution is 0.0518. The summed E-state index contributed by atoms with van der Waals surface area (Å²) in [7, 11) is -3.79. The molecule has 2 bridgehead atoms. The van der Waals surface area contributed by atoms with Gasteiger partial charge in [-0.05, 0) is 38.0 Å². The van der Waals surface area contributed by atoms with Crippen LogP contribution in [0.2, 0.25) is 0 Å². The molecular formula is C21H23F2N7O3S2. The normalized spacial score (nSPS) is 23.7. The van der Waals surface area contributed by atoms with Crippen LogP contribution in [0.4, 0.5) is 14.7 Å². The number of hydrogen-bond acceptors (Lipinski definition) is 10. The topological polar surface area (TPSA) is 122 Å². The number of sulfonamides is 1. The third-order valence-corrected chi connectivity index (χ3v) is 9.15. The zero-order valence-corrected chi connectivity index (χ0v) is 20.4. The Morgan fingerprint density at radius 1 is 1.20 bits per heavy atom. The lowest BCUT2D eigenvalue weighted by Crippen LogP contribution is -2.64. The van der Waals surface area contributed by atoms with Crippen LogP contribution in [0.3, 0.4) is 0 Å². The average Bonchev–Trinajstić information content (AvgIpc) is 3.32. The molecule has 3 aromatic rings. The van der Waals surface area contributed by atoms with Gasteiger partial charge >= 0.3 is 0 Å². The highest BCUT2D eigenvalue weighted by molar-refractivity contribution is 7.89. The maximum absolute atomic E-state index is 13.3. The largest absolute Gasteiger partial charge is 0.377 e. The summed E-state index contributed by atoms with van der Waals surface area (Å²) in [5, 5.41) is 11.1. The Labute approximate surface area is 204 Å². The number of morpholine rings is 1. The number of nitrogens with zero attached hydrogens (tertiary/aromatic N) is 5. The molecule has 1 saturated carbocycles. The molecule has 6 rings (SSSR count). The van der Waals surface area contributed by atoms with Gasteiger partial charge < -0.3 is 15.0 Å². The molecule has 2 N–H and O–H groups in total. The van der Waals surface area contributed by atoms with Crippen LogP contribution < -0.4 is 14.9 Å². The van der Waals surface area contributed by atoms with Crippen molar-refractivity contribution < 1.29 is 21.9 Å². The molecular weight excluding hydrogens is 500 g/mol. The van der Waals surface area contributed by atoms with Crippen LogP contribution in [-0.2, 0) is 14.8 Å². The first-order valence-corrected chi connectivity index (χ1v) is 13.6. The number of halogens is 2. The molecule has 2 saturated heterocycles. The zero-order valence-electron chi connectivity index (χ0n) is 18.7. The first-order valence-electron chi connectivity index (χ1n) is 11.3. The maximum Gasteiger partial charge on any atom is 0.291 e. The first-order chi connectivity index (χ1) is 16.7. The van der Waals surface area contributed by atoms with E-state index in [-0.39, 0.29) is 27.7 Å². The van der Waals surface area contributed by atoms with Gasteiger partial charge in [-0.2, -0.15) is 0 Å². The van der Waals surface area contributed by atoms with Gasteiger partial charge in [-0.3, -0.25) is 0 Å². The molecule has 186 valence electrons. The average molecular weight is 524 g/mol. The number of nitrogens with one attached hydrogen (secondary N) is 2. The molecule has 4 heterocycles. The van der Waals surface area contributed by atoms with Crippen molar-refractivity contribution in [2.45, 2.75) is 48.7 Å². The summed E-state index contributed by atoms with van der Waals surface area (Å²) in [6, 6.07) is 4.64. The molecule has 14 heteroatoms. The summed E-state index contributed by atoms with van der Waals surface area (Å²) in [6.45, 7) is 4.27. The van der Waals surface area contributed by atoms with Crippen LogP contribution in [0.25, 0.3) is 21.6 Å². The predicted molar refractivity (Wildman–Crippen MR) is 125 cm³/mol. The number of piperazine rings is 1. The van der Waals surface area contributed by atoms with Gasteiger partial charge in [-0.15, -0.1) is 10.2 Å². The highest BCUT2D eigenvalue weighted by atomic mass is 32.2. The van der Waals surface area contributed by atoms with Crippen molar-refractivity contribution >= 4 is 38.2 Å². The molecule has 2 unspecified atom stereocenters. The summed E-state index contributed by atoms with van der Waals surface area (Å²) >= 11 is 0.736. The van der Waals surface area contributed by atoms with Crippen LogP contribution in [-0.4, -0.2) is 72.5 Å². The first kappa shape index (κ1) is 23.0. The van der Waals surface area contributed by atoms with E-state index in [4.69, 9.17) is 14.7 Å². The standard InChI is InChI=1S/C21H23F2N7O3S2/c1-21(4-5-21)29-35(31,32)13-2-3-15-14(6-13)16(18-27-28-19(34-18)17(22)23)26-20(25-15)30-11-7-24-8-12(30)10-33-9-11/h2-3,6,11-12,17,24,29H,4-5,7-10H2,1H3. The number of anilines is 1. The van der Waals surface area contributed by atoms with Crippen LogP contribution in [0.5, 0.6) is 0 Å². The van der Waals surface area contributed by atoms with Crippen molar-refractivity contribution in [3.63, 3.8) is 0 Å². The highest BCUT2D eigenvalue weighted by Gasteiger charge is 2.41. The van der Waals surface area contributed by atoms with Crippen LogP contribution >= 0.6 is 11.3 Å². The van der Waals surface area contributed by atoms with Gasteiger partial charge in [0.15, 0.2) is 10.0 Å². The van der Waals surface area contributed by atoms with E-state index in [9.17, 15) is 17.2 Å². The summed E-state index contributed by atoms with van der Waals surface area (Å²) < 4.78 is 61.0. The Bertz CT molecular complexity index is 1370. The molecule has 2 atom stereocenters. The van der Waals surface area contributed by atoms with E-state index < -0.39 is 27.0 Å². The van der Waals surface area contributed by atoms with Gasteiger partial charge in [0.2, 0.25) is 16.0 Å². The quantitative estimate of drug-likeness (QED) is 0.500. The molecule has 1 aromatic carbocycles. The summed E-state index contributed by atoms with van der Waals surface area (Å²) in [6.07, 6.45) is -1.22. The highest BCUT2D eigenvalue weighted by Crippen LogP contribution is 2.38. The lowest BCUT2D eigenvalue weighted by atomic mass is 10.1. The van der Waals surface area contributed by atoms with Gasteiger partial charge in [-0.25, -0.2) is 31.9 Å². The molecule has 10 nitrogen and oxygen atoms in total. The van der Waals surface area contributed by atoms with Crippen LogP contribution in [0.1, 0.15) is 31.2 Å². The van der Waals surface area contributed by atoms with Crippen LogP contribution in [0, 0.1) is 0 Å². The third kappa shape index (κ3) is 4.27. The molecule has 3 aliphatic rings. The smallest absolute Gasteiger partial charge is 0.291 e. The van der Waals surface area contributed by atoms with E-state index in [1.165, 1.54) is 12.1 Å². The zero-order chi connectivity index (χ0) is 24.4. The molecule has 3 fully saturated rings. The van der Waals surface area contributed by atoms with E-state index in [0.717, 1.165) is 24.2 Å². The van der Waals surface area contributed by atoms with Crippen molar-refractivity contribution in [2.24, 2.45) is 0 Å². The summed E-state index contributed by atoms with van der Waals surface area (Å²) in [5.74, 6) is 0.431. The van der Waals surface area contributed by atoms with Crippen molar-refractivity contribution in [1.29, 1.82) is 0 Å². The number of hydrogen-bond donors (Lipinski definition) is 2. The van der Waals surface area contributed by atoms with Gasteiger partial charge in [0, 0.05) is 24.0 Å². The SMILES string of the molecule is CC1(NS(=O)(=O)c2ccc3nc(N4C5CNCC4COC5)nc(-c4nnc(C(F)F)s4)c3c2)CC1. The van der Waals surface area contributed by atoms with Gasteiger partial charge in [0.05, 0.1) is 35.7 Å². The van der Waals surface area contributed by atoms with E-state index >= 15 is 0 Å². The van der Waals surface area contributed by atoms with Gasteiger partial charge in [0.25, 0.3) is 6.43 Å². The van der Waals surface area contributed by atoms with E-state index in [2.05, 4.69) is 25.1 Å². The molecule has 0 spiro atoms. The van der Waals surface area contributed by atoms with E-state index in [0.29, 0.717) is 43.2 Å². The van der Waals surface area contributed by atoms with Crippen molar-refractivity contribution in [1.82, 2.24) is 30.2 Å². The second-order valence-electron chi connectivity index (χ2n) is 9.37. The van der Waals surface area contributed by atoms with E-state index in [1.807, 2.05) is 6.92 Å². The number of alkyl halides is 2. The Hall–Kier alpha value is -2.39. The third-order valence-electron chi connectivity index (χ3n) is 6.57. The summed E-state index contributed by atoms with van der Waals surface area (Å²) in [4.78, 5) is 11.6. The van der Waals surface area contributed by atoms with Gasteiger partial charge in [-0.1, -0.05) is 11.3 Å². The fourth-order valence-corrected chi connectivity index (χ4v) is 6.68. The molecule has 0 amide bonds. The Morgan fingerprint density at radius 2 is 1.94 bits per heavy atom. The minimum atomic E-state index is -3.79. The molecule has 2 aliphatic heterocycles. The monoisotopic (exact) mass is 523 g/mol. The summed E-state index contributed by atoms with van der Waals surface area (Å²) in [5.41, 5.74) is 0.333. The second kappa shape index (κ2) is 8.34. The minimum Gasteiger partial charge on any atom is -0.377 e. The molecule has 0 radical (unpaired) electrons.